The maximum atomic E-state index is 12.2. The molecule has 3 aliphatic heterocycles. The van der Waals surface area contributed by atoms with E-state index in [4.69, 9.17) is 14.7 Å². The molecule has 1 aromatic heterocycles. The third-order valence-corrected chi connectivity index (χ3v) is 10.1. The van der Waals surface area contributed by atoms with Crippen LogP contribution in [0.25, 0.3) is 12.2 Å². The third-order valence-electron chi connectivity index (χ3n) is 8.44. The number of piperazine rings is 1. The summed E-state index contributed by atoms with van der Waals surface area (Å²) in [5.41, 5.74) is 4.70. The molecule has 44 heavy (non-hydrogen) atoms. The van der Waals surface area contributed by atoms with Gasteiger partial charge in [0.25, 0.3) is 0 Å². The molecule has 236 valence electrons. The van der Waals surface area contributed by atoms with Gasteiger partial charge in [0.05, 0.1) is 30.4 Å². The normalized spacial score (nSPS) is 18.7. The molecule has 0 atom stereocenters. The monoisotopic (exact) mass is 622 g/mol. The van der Waals surface area contributed by atoms with Crippen molar-refractivity contribution in [2.24, 2.45) is 0 Å². The van der Waals surface area contributed by atoms with Crippen LogP contribution in [0.1, 0.15) is 35.7 Å². The van der Waals surface area contributed by atoms with Gasteiger partial charge in [-0.05, 0) is 37.5 Å². The number of hydrogen-bond acceptors (Lipinski definition) is 10. The zero-order valence-electron chi connectivity index (χ0n) is 25.4. The molecule has 3 aliphatic rings. The molecular weight excluding hydrogens is 580 g/mol. The van der Waals surface area contributed by atoms with Crippen LogP contribution >= 0.6 is 0 Å². The Kier molecular flexibility index (Phi) is 9.90. The number of nitrogens with zero attached hydrogens (tertiary/aromatic N) is 6. The maximum Gasteiger partial charge on any atom is 0.318 e. The lowest BCUT2D eigenvalue weighted by Gasteiger charge is -2.38. The van der Waals surface area contributed by atoms with Crippen molar-refractivity contribution in [1.29, 1.82) is 0 Å². The molecule has 0 radical (unpaired) electrons. The standard InChI is InChI=1S/C32H42N6O5S/c1-4-8-26-24(5-2)21-25(39)22-29(26)38-11-9-27-28(23-38)33-32(43-18-7-10-35-16-19-44(41,42)20-17-35)34-31(27)37-14-12-36(13-15-37)30(40)6-3/h4-6,8,21-22,39H,2-3,7,9-20,23H2,1H3/b8-4-. The van der Waals surface area contributed by atoms with E-state index < -0.39 is 9.84 Å². The molecular formula is C32H42N6O5S. The van der Waals surface area contributed by atoms with E-state index in [1.54, 1.807) is 23.1 Å². The topological polar surface area (TPSA) is 119 Å². The number of phenols is 1. The van der Waals surface area contributed by atoms with Crippen LogP contribution in [0.2, 0.25) is 0 Å². The van der Waals surface area contributed by atoms with Crippen LogP contribution in [-0.4, -0.2) is 110 Å². The summed E-state index contributed by atoms with van der Waals surface area (Å²) in [6.45, 7) is 15.5. The van der Waals surface area contributed by atoms with Crippen molar-refractivity contribution in [3.05, 3.63) is 59.8 Å². The van der Waals surface area contributed by atoms with Crippen LogP contribution in [-0.2, 0) is 27.6 Å². The van der Waals surface area contributed by atoms with E-state index in [1.807, 2.05) is 19.1 Å². The minimum atomic E-state index is -2.91. The van der Waals surface area contributed by atoms with E-state index in [0.29, 0.717) is 71.4 Å². The Balaban J connectivity index is 1.37. The number of phenolic OH excluding ortho intramolecular Hbond substituents is 1. The molecule has 1 aromatic carbocycles. The molecule has 0 bridgehead atoms. The van der Waals surface area contributed by atoms with Gasteiger partial charge in [-0.2, -0.15) is 9.97 Å². The lowest BCUT2D eigenvalue weighted by molar-refractivity contribution is -0.126. The third kappa shape index (κ3) is 7.24. The molecule has 0 unspecified atom stereocenters. The molecule has 12 heteroatoms. The molecule has 0 saturated carbocycles. The number of amides is 1. The first-order valence-electron chi connectivity index (χ1n) is 15.2. The highest BCUT2D eigenvalue weighted by molar-refractivity contribution is 7.91. The zero-order chi connectivity index (χ0) is 31.3. The average molecular weight is 623 g/mol. The predicted octanol–water partition coefficient (Wildman–Crippen LogP) is 2.75. The summed E-state index contributed by atoms with van der Waals surface area (Å²) in [6.07, 6.45) is 8.55. The second kappa shape index (κ2) is 13.8. The van der Waals surface area contributed by atoms with Crippen LogP contribution in [0, 0.1) is 0 Å². The fourth-order valence-electron chi connectivity index (χ4n) is 6.04. The van der Waals surface area contributed by atoms with Crippen molar-refractivity contribution in [2.75, 3.05) is 80.3 Å². The Morgan fingerprint density at radius 2 is 1.80 bits per heavy atom. The predicted molar refractivity (Wildman–Crippen MR) is 174 cm³/mol. The van der Waals surface area contributed by atoms with Gasteiger partial charge in [0, 0.05) is 75.2 Å². The summed E-state index contributed by atoms with van der Waals surface area (Å²) >= 11 is 0. The van der Waals surface area contributed by atoms with Crippen molar-refractivity contribution < 1.29 is 23.1 Å². The summed E-state index contributed by atoms with van der Waals surface area (Å²) in [7, 11) is -2.91. The number of carbonyl (C=O) groups excluding carboxylic acids is 1. The molecule has 1 N–H and O–H groups in total. The van der Waals surface area contributed by atoms with Crippen molar-refractivity contribution >= 4 is 39.4 Å². The Bertz CT molecular complexity index is 1520. The number of hydrogen-bond donors (Lipinski definition) is 1. The van der Waals surface area contributed by atoms with Gasteiger partial charge in [-0.15, -0.1) is 0 Å². The smallest absolute Gasteiger partial charge is 0.318 e. The summed E-state index contributed by atoms with van der Waals surface area (Å²) in [5.74, 6) is 1.36. The van der Waals surface area contributed by atoms with Crippen molar-refractivity contribution in [2.45, 2.75) is 26.3 Å². The minimum Gasteiger partial charge on any atom is -0.508 e. The summed E-state index contributed by atoms with van der Waals surface area (Å²) in [5, 5.41) is 10.5. The zero-order valence-corrected chi connectivity index (χ0v) is 26.3. The lowest BCUT2D eigenvalue weighted by Crippen LogP contribution is -2.49. The number of aromatic nitrogens is 2. The summed E-state index contributed by atoms with van der Waals surface area (Å²) < 4.78 is 29.6. The number of ether oxygens (including phenoxy) is 1. The van der Waals surface area contributed by atoms with Crippen molar-refractivity contribution in [1.82, 2.24) is 19.8 Å². The van der Waals surface area contributed by atoms with Gasteiger partial charge in [0.2, 0.25) is 5.91 Å². The highest BCUT2D eigenvalue weighted by Gasteiger charge is 2.29. The molecule has 2 aromatic rings. The molecule has 4 heterocycles. The number of aromatic hydroxyl groups is 1. The quantitative estimate of drug-likeness (QED) is 0.313. The molecule has 5 rings (SSSR count). The van der Waals surface area contributed by atoms with E-state index >= 15 is 0 Å². The number of rotatable bonds is 10. The van der Waals surface area contributed by atoms with Crippen LogP contribution in [0.3, 0.4) is 0 Å². The van der Waals surface area contributed by atoms with E-state index in [1.165, 1.54) is 6.08 Å². The van der Waals surface area contributed by atoms with E-state index in [0.717, 1.165) is 46.9 Å². The van der Waals surface area contributed by atoms with Gasteiger partial charge in [-0.3, -0.25) is 4.79 Å². The highest BCUT2D eigenvalue weighted by atomic mass is 32.2. The molecule has 11 nitrogen and oxygen atoms in total. The number of sulfone groups is 1. The van der Waals surface area contributed by atoms with Gasteiger partial charge in [0.1, 0.15) is 11.6 Å². The average Bonchev–Trinajstić information content (AvgIpc) is 3.03. The van der Waals surface area contributed by atoms with Gasteiger partial charge in [-0.25, -0.2) is 8.42 Å². The summed E-state index contributed by atoms with van der Waals surface area (Å²) in [4.78, 5) is 30.3. The van der Waals surface area contributed by atoms with Gasteiger partial charge >= 0.3 is 6.01 Å². The number of carbonyl (C=O) groups is 1. The maximum absolute atomic E-state index is 12.2. The van der Waals surface area contributed by atoms with Gasteiger partial charge < -0.3 is 29.4 Å². The van der Waals surface area contributed by atoms with E-state index in [-0.39, 0.29) is 23.2 Å². The summed E-state index contributed by atoms with van der Waals surface area (Å²) in [6, 6.07) is 3.81. The minimum absolute atomic E-state index is 0.0673. The van der Waals surface area contributed by atoms with Gasteiger partial charge in [-0.1, -0.05) is 31.4 Å². The van der Waals surface area contributed by atoms with Crippen LogP contribution in [0.15, 0.2) is 37.4 Å². The second-order valence-electron chi connectivity index (χ2n) is 11.3. The Labute approximate surface area is 260 Å². The molecule has 2 fully saturated rings. The van der Waals surface area contributed by atoms with Gasteiger partial charge in [0.15, 0.2) is 9.84 Å². The first-order valence-corrected chi connectivity index (χ1v) is 17.0. The second-order valence-corrected chi connectivity index (χ2v) is 13.6. The number of anilines is 2. The Morgan fingerprint density at radius 1 is 1.05 bits per heavy atom. The van der Waals surface area contributed by atoms with E-state index in [2.05, 4.69) is 27.9 Å². The highest BCUT2D eigenvalue weighted by Crippen LogP contribution is 2.36. The fraction of sp³-hybridized carbons (Fsp3) is 0.469. The Hall–Kier alpha value is -3.90. The largest absolute Gasteiger partial charge is 0.508 e. The fourth-order valence-corrected chi connectivity index (χ4v) is 7.31. The lowest BCUT2D eigenvalue weighted by atomic mass is 9.99. The van der Waals surface area contributed by atoms with Crippen LogP contribution < -0.4 is 14.5 Å². The molecule has 0 spiro atoms. The number of benzene rings is 1. The van der Waals surface area contributed by atoms with E-state index in [9.17, 15) is 18.3 Å². The molecule has 1 amide bonds. The Morgan fingerprint density at radius 3 is 2.48 bits per heavy atom. The van der Waals surface area contributed by atoms with Crippen molar-refractivity contribution in [3.8, 4) is 11.8 Å². The van der Waals surface area contributed by atoms with Crippen LogP contribution in [0.5, 0.6) is 11.8 Å². The first kappa shape index (κ1) is 31.5. The molecule has 2 saturated heterocycles. The number of allylic oxidation sites excluding steroid dienone is 1. The van der Waals surface area contributed by atoms with Crippen molar-refractivity contribution in [3.63, 3.8) is 0 Å². The SMILES string of the molecule is C=CC(=O)N1CCN(c2nc(OCCCN3CCS(=O)(=O)CC3)nc3c2CCN(c2cc(O)cc(C=C)c2/C=C\C)C3)CC1. The first-order chi connectivity index (χ1) is 21.2. The molecule has 0 aliphatic carbocycles. The van der Waals surface area contributed by atoms with Crippen LogP contribution in [0.4, 0.5) is 11.5 Å². The number of fused-ring (bicyclic) bond motifs is 1.